The number of carbonyl (C=O) groups excluding carboxylic acids is 3. The van der Waals surface area contributed by atoms with Gasteiger partial charge in [0.05, 0.1) is 12.0 Å². The molecule has 1 saturated heterocycles. The molecule has 1 aromatic heterocycles. The van der Waals surface area contributed by atoms with E-state index in [1.165, 1.54) is 0 Å². The molecular formula is C34H27N3O3. The fourth-order valence-corrected chi connectivity index (χ4v) is 7.01. The number of hydrogen-bond donors (Lipinski definition) is 1. The molecule has 0 saturated carbocycles. The summed E-state index contributed by atoms with van der Waals surface area (Å²) in [6.45, 7) is 4.07. The number of hydrogen-bond acceptors (Lipinski definition) is 5. The predicted molar refractivity (Wildman–Crippen MR) is 154 cm³/mol. The number of anilines is 2. The van der Waals surface area contributed by atoms with E-state index in [4.69, 9.17) is 0 Å². The predicted octanol–water partition coefficient (Wildman–Crippen LogP) is 5.64. The van der Waals surface area contributed by atoms with Crippen LogP contribution in [-0.2, 0) is 10.2 Å². The van der Waals surface area contributed by atoms with Crippen molar-refractivity contribution in [2.75, 3.05) is 10.2 Å². The Bertz CT molecular complexity index is 1730. The summed E-state index contributed by atoms with van der Waals surface area (Å²) in [4.78, 5) is 49.8. The van der Waals surface area contributed by atoms with Crippen molar-refractivity contribution in [3.8, 4) is 0 Å². The quantitative estimate of drug-likeness (QED) is 0.349. The fraction of sp³-hybridized carbons (Fsp3) is 0.176. The molecule has 6 nitrogen and oxygen atoms in total. The summed E-state index contributed by atoms with van der Waals surface area (Å²) in [5.41, 5.74) is 4.98. The maximum Gasteiger partial charge on any atom is 0.238 e. The fourth-order valence-electron chi connectivity index (χ4n) is 7.01. The van der Waals surface area contributed by atoms with Crippen LogP contribution in [0.3, 0.4) is 0 Å². The van der Waals surface area contributed by atoms with E-state index in [2.05, 4.69) is 22.4 Å². The number of rotatable bonds is 4. The van der Waals surface area contributed by atoms with E-state index >= 15 is 0 Å². The second-order valence-corrected chi connectivity index (χ2v) is 10.8. The van der Waals surface area contributed by atoms with Crippen LogP contribution < -0.4 is 10.2 Å². The van der Waals surface area contributed by atoms with Crippen molar-refractivity contribution in [1.82, 2.24) is 4.98 Å². The van der Waals surface area contributed by atoms with E-state index in [1.54, 1.807) is 36.7 Å². The maximum atomic E-state index is 14.7. The van der Waals surface area contributed by atoms with Gasteiger partial charge in [0.2, 0.25) is 5.91 Å². The SMILES string of the molecule is CC1=C[C@H]2N(c3ccc(C)cc31)[C@H](C(=O)c1ccccc1)[C@H](C(=O)c1ccncc1)[C@]21C(=O)Nc2ccccc21. The molecule has 4 heterocycles. The molecule has 40 heavy (non-hydrogen) atoms. The largest absolute Gasteiger partial charge is 0.352 e. The zero-order valence-electron chi connectivity index (χ0n) is 22.2. The Labute approximate surface area is 232 Å². The zero-order valence-corrected chi connectivity index (χ0v) is 22.2. The van der Waals surface area contributed by atoms with Gasteiger partial charge in [-0.3, -0.25) is 19.4 Å². The van der Waals surface area contributed by atoms with Crippen LogP contribution in [0.25, 0.3) is 5.57 Å². The molecule has 1 amide bonds. The molecule has 3 aliphatic heterocycles. The van der Waals surface area contributed by atoms with Gasteiger partial charge in [0.1, 0.15) is 11.5 Å². The third kappa shape index (κ3) is 3.22. The number of allylic oxidation sites excluding steroid dienone is 1. The van der Waals surface area contributed by atoms with Crippen LogP contribution in [0, 0.1) is 12.8 Å². The molecule has 1 spiro atoms. The van der Waals surface area contributed by atoms with Gasteiger partial charge in [0, 0.05) is 40.5 Å². The number of carbonyl (C=O) groups is 3. The van der Waals surface area contributed by atoms with Crippen molar-refractivity contribution in [2.45, 2.75) is 31.3 Å². The van der Waals surface area contributed by atoms with Crippen molar-refractivity contribution in [3.05, 3.63) is 131 Å². The first-order chi connectivity index (χ1) is 19.4. The molecule has 0 radical (unpaired) electrons. The second kappa shape index (κ2) is 8.85. The van der Waals surface area contributed by atoms with Gasteiger partial charge < -0.3 is 10.2 Å². The number of nitrogens with zero attached hydrogens (tertiary/aromatic N) is 2. The van der Waals surface area contributed by atoms with Crippen LogP contribution in [-0.4, -0.2) is 34.5 Å². The number of fused-ring (bicyclic) bond motifs is 6. The van der Waals surface area contributed by atoms with E-state index in [0.29, 0.717) is 16.8 Å². The molecule has 0 aliphatic carbocycles. The second-order valence-electron chi connectivity index (χ2n) is 10.8. The first kappa shape index (κ1) is 24.2. The molecule has 1 fully saturated rings. The minimum atomic E-state index is -1.32. The average molecular weight is 526 g/mol. The van der Waals surface area contributed by atoms with Crippen LogP contribution in [0.2, 0.25) is 0 Å². The Morgan fingerprint density at radius 3 is 2.33 bits per heavy atom. The lowest BCUT2D eigenvalue weighted by Gasteiger charge is -2.39. The van der Waals surface area contributed by atoms with Gasteiger partial charge in [-0.1, -0.05) is 66.2 Å². The molecule has 6 heteroatoms. The number of benzene rings is 3. The summed E-state index contributed by atoms with van der Waals surface area (Å²) in [6.07, 6.45) is 5.22. The van der Waals surface area contributed by atoms with Gasteiger partial charge in [-0.2, -0.15) is 0 Å². The van der Waals surface area contributed by atoms with E-state index in [9.17, 15) is 14.4 Å². The maximum absolute atomic E-state index is 14.7. The number of amides is 1. The third-order valence-electron chi connectivity index (χ3n) is 8.71. The Morgan fingerprint density at radius 1 is 0.850 bits per heavy atom. The Morgan fingerprint density at radius 2 is 1.55 bits per heavy atom. The molecule has 4 atom stereocenters. The van der Waals surface area contributed by atoms with Crippen molar-refractivity contribution >= 4 is 34.4 Å². The molecule has 7 rings (SSSR count). The highest BCUT2D eigenvalue weighted by Crippen LogP contribution is 2.58. The minimum absolute atomic E-state index is 0.188. The van der Waals surface area contributed by atoms with Gasteiger partial charge in [-0.15, -0.1) is 0 Å². The summed E-state index contributed by atoms with van der Waals surface area (Å²) < 4.78 is 0. The standard InChI is InChI=1S/C34H27N3O3/c1-20-12-13-27-24(18-20)21(2)19-28-34(25-10-6-7-11-26(25)36-33(34)40)29(31(38)23-14-16-35-17-15-23)30(37(27)28)32(39)22-8-4-3-5-9-22/h3-19,28-30H,1-2H3,(H,36,40)/t28-,29-,30+,34-/m1/s1. The lowest BCUT2D eigenvalue weighted by Crippen LogP contribution is -2.51. The van der Waals surface area contributed by atoms with Crippen LogP contribution in [0.5, 0.6) is 0 Å². The number of pyridine rings is 1. The molecule has 196 valence electrons. The summed E-state index contributed by atoms with van der Waals surface area (Å²) in [5, 5.41) is 3.08. The Kier molecular flexibility index (Phi) is 5.36. The lowest BCUT2D eigenvalue weighted by molar-refractivity contribution is -0.121. The first-order valence-corrected chi connectivity index (χ1v) is 13.4. The number of aromatic nitrogens is 1. The highest BCUT2D eigenvalue weighted by atomic mass is 16.2. The molecule has 3 aromatic carbocycles. The van der Waals surface area contributed by atoms with E-state index in [-0.39, 0.29) is 17.5 Å². The van der Waals surface area contributed by atoms with Gasteiger partial charge in [0.25, 0.3) is 0 Å². The van der Waals surface area contributed by atoms with Crippen LogP contribution in [0.1, 0.15) is 44.3 Å². The van der Waals surface area contributed by atoms with Crippen molar-refractivity contribution in [3.63, 3.8) is 0 Å². The van der Waals surface area contributed by atoms with E-state index < -0.39 is 23.4 Å². The summed E-state index contributed by atoms with van der Waals surface area (Å²) >= 11 is 0. The third-order valence-corrected chi connectivity index (χ3v) is 8.71. The summed E-state index contributed by atoms with van der Waals surface area (Å²) in [5.74, 6) is -1.70. The van der Waals surface area contributed by atoms with Gasteiger partial charge in [-0.25, -0.2) is 0 Å². The van der Waals surface area contributed by atoms with E-state index in [0.717, 1.165) is 28.0 Å². The van der Waals surface area contributed by atoms with Gasteiger partial charge in [0.15, 0.2) is 11.6 Å². The highest BCUT2D eigenvalue weighted by molar-refractivity contribution is 6.18. The van der Waals surface area contributed by atoms with Crippen molar-refractivity contribution in [1.29, 1.82) is 0 Å². The Hall–Kier alpha value is -4.84. The molecule has 1 N–H and O–H groups in total. The molecule has 0 bridgehead atoms. The highest BCUT2D eigenvalue weighted by Gasteiger charge is 2.70. The summed E-state index contributed by atoms with van der Waals surface area (Å²) in [7, 11) is 0. The zero-order chi connectivity index (χ0) is 27.6. The normalized spacial score (nSPS) is 24.1. The van der Waals surface area contributed by atoms with Gasteiger partial charge in [-0.05, 0) is 55.3 Å². The number of aryl methyl sites for hydroxylation is 1. The number of para-hydroxylation sites is 1. The summed E-state index contributed by atoms with van der Waals surface area (Å²) in [6, 6.07) is 24.6. The smallest absolute Gasteiger partial charge is 0.238 e. The molecule has 3 aliphatic rings. The first-order valence-electron chi connectivity index (χ1n) is 13.4. The Balaban J connectivity index is 1.57. The van der Waals surface area contributed by atoms with Crippen molar-refractivity contribution < 1.29 is 14.4 Å². The van der Waals surface area contributed by atoms with Crippen LogP contribution in [0.15, 0.2) is 103 Å². The molecule has 0 unspecified atom stereocenters. The van der Waals surface area contributed by atoms with Crippen LogP contribution in [0.4, 0.5) is 11.4 Å². The van der Waals surface area contributed by atoms with Gasteiger partial charge >= 0.3 is 0 Å². The molecular weight excluding hydrogens is 498 g/mol. The number of Topliss-reactive ketones (excluding diaryl/α,β-unsaturated/α-hetero) is 2. The van der Waals surface area contributed by atoms with Crippen LogP contribution >= 0.6 is 0 Å². The number of nitrogens with one attached hydrogen (secondary N) is 1. The minimum Gasteiger partial charge on any atom is -0.352 e. The topological polar surface area (TPSA) is 79.4 Å². The van der Waals surface area contributed by atoms with E-state index in [1.807, 2.05) is 73.3 Å². The lowest BCUT2D eigenvalue weighted by atomic mass is 9.64. The number of ketones is 2. The average Bonchev–Trinajstić information content (AvgIpc) is 3.45. The monoisotopic (exact) mass is 525 g/mol. The molecule has 4 aromatic rings. The van der Waals surface area contributed by atoms with Crippen molar-refractivity contribution in [2.24, 2.45) is 5.92 Å².